The number of carbonyl (C=O) groups is 1. The topological polar surface area (TPSA) is 47.6 Å². The largest absolute Gasteiger partial charge is 0.493 e. The normalized spacial score (nSPS) is 17.1. The number of thiophene rings is 1. The summed E-state index contributed by atoms with van der Waals surface area (Å²) < 4.78 is 10.7. The number of carbonyl (C=O) groups excluding carboxylic acids is 1. The number of anilines is 1. The Kier molecular flexibility index (Phi) is 3.59. The van der Waals surface area contributed by atoms with E-state index in [1.54, 1.807) is 25.6 Å². The second-order valence-electron chi connectivity index (χ2n) is 5.05. The molecule has 1 aliphatic rings. The van der Waals surface area contributed by atoms with E-state index in [1.807, 2.05) is 12.1 Å². The van der Waals surface area contributed by atoms with Gasteiger partial charge in [-0.15, -0.1) is 11.3 Å². The standard InChI is InChI=1S/C16H17NO3S/c1-9-4-5-15(21-9)11-7-16(18)17-12-8-14(20-3)13(19-2)6-10(11)12/h4-6,8,11H,7H2,1-3H3,(H,17,18)/t11-/m0/s1. The number of hydrogen-bond acceptors (Lipinski definition) is 4. The Labute approximate surface area is 127 Å². The molecular formula is C16H17NO3S. The molecule has 110 valence electrons. The van der Waals surface area contributed by atoms with Crippen molar-refractivity contribution in [2.24, 2.45) is 0 Å². The second-order valence-corrected chi connectivity index (χ2v) is 6.37. The zero-order chi connectivity index (χ0) is 15.0. The van der Waals surface area contributed by atoms with E-state index in [2.05, 4.69) is 24.4 Å². The average Bonchev–Trinajstić information content (AvgIpc) is 2.91. The summed E-state index contributed by atoms with van der Waals surface area (Å²) >= 11 is 1.73. The molecule has 21 heavy (non-hydrogen) atoms. The van der Waals surface area contributed by atoms with Crippen LogP contribution in [0.25, 0.3) is 0 Å². The molecular weight excluding hydrogens is 286 g/mol. The minimum Gasteiger partial charge on any atom is -0.493 e. The third-order valence-corrected chi connectivity index (χ3v) is 4.81. The quantitative estimate of drug-likeness (QED) is 0.943. The van der Waals surface area contributed by atoms with Crippen LogP contribution in [0.15, 0.2) is 24.3 Å². The fourth-order valence-electron chi connectivity index (χ4n) is 2.68. The van der Waals surface area contributed by atoms with Crippen LogP contribution < -0.4 is 14.8 Å². The Morgan fingerprint density at radius 2 is 1.90 bits per heavy atom. The molecule has 1 atom stereocenters. The van der Waals surface area contributed by atoms with Gasteiger partial charge >= 0.3 is 0 Å². The van der Waals surface area contributed by atoms with Crippen LogP contribution in [0.4, 0.5) is 5.69 Å². The van der Waals surface area contributed by atoms with Crippen LogP contribution in [0.3, 0.4) is 0 Å². The monoisotopic (exact) mass is 303 g/mol. The summed E-state index contributed by atoms with van der Waals surface area (Å²) in [6.45, 7) is 2.08. The van der Waals surface area contributed by atoms with Gasteiger partial charge in [0.15, 0.2) is 11.5 Å². The molecule has 0 saturated carbocycles. The van der Waals surface area contributed by atoms with Crippen LogP contribution in [0.5, 0.6) is 11.5 Å². The van der Waals surface area contributed by atoms with Crippen LogP contribution >= 0.6 is 11.3 Å². The van der Waals surface area contributed by atoms with Crippen LogP contribution in [0.2, 0.25) is 0 Å². The van der Waals surface area contributed by atoms with Crippen molar-refractivity contribution in [2.75, 3.05) is 19.5 Å². The van der Waals surface area contributed by atoms with E-state index in [0.29, 0.717) is 17.9 Å². The number of rotatable bonds is 3. The summed E-state index contributed by atoms with van der Waals surface area (Å²) in [5.74, 6) is 1.42. The number of nitrogens with one attached hydrogen (secondary N) is 1. The molecule has 0 saturated heterocycles. The number of amides is 1. The van der Waals surface area contributed by atoms with Gasteiger partial charge < -0.3 is 14.8 Å². The summed E-state index contributed by atoms with van der Waals surface area (Å²) in [4.78, 5) is 14.4. The molecule has 0 bridgehead atoms. The summed E-state index contributed by atoms with van der Waals surface area (Å²) in [6, 6.07) is 7.99. The maximum absolute atomic E-state index is 12.0. The van der Waals surface area contributed by atoms with Crippen LogP contribution in [0, 0.1) is 6.92 Å². The molecule has 0 fully saturated rings. The number of hydrogen-bond donors (Lipinski definition) is 1. The van der Waals surface area contributed by atoms with E-state index in [1.165, 1.54) is 9.75 Å². The predicted octanol–water partition coefficient (Wildman–Crippen LogP) is 3.55. The van der Waals surface area contributed by atoms with Gasteiger partial charge in [-0.2, -0.15) is 0 Å². The van der Waals surface area contributed by atoms with Gasteiger partial charge in [0, 0.05) is 33.8 Å². The van der Waals surface area contributed by atoms with Crippen molar-refractivity contribution in [2.45, 2.75) is 19.3 Å². The van der Waals surface area contributed by atoms with E-state index < -0.39 is 0 Å². The molecule has 1 aromatic carbocycles. The number of aryl methyl sites for hydroxylation is 1. The summed E-state index contributed by atoms with van der Waals surface area (Å²) in [5.41, 5.74) is 1.88. The third-order valence-electron chi connectivity index (χ3n) is 3.70. The number of ether oxygens (including phenoxy) is 2. The van der Waals surface area contributed by atoms with Gasteiger partial charge in [0.05, 0.1) is 14.2 Å². The lowest BCUT2D eigenvalue weighted by Gasteiger charge is -2.26. The first-order valence-corrected chi connectivity index (χ1v) is 7.56. The van der Waals surface area contributed by atoms with E-state index in [-0.39, 0.29) is 11.8 Å². The average molecular weight is 303 g/mol. The van der Waals surface area contributed by atoms with Crippen molar-refractivity contribution in [3.05, 3.63) is 39.6 Å². The van der Waals surface area contributed by atoms with Crippen molar-refractivity contribution in [1.82, 2.24) is 0 Å². The highest BCUT2D eigenvalue weighted by atomic mass is 32.1. The highest BCUT2D eigenvalue weighted by Crippen LogP contribution is 2.44. The van der Waals surface area contributed by atoms with Crippen molar-refractivity contribution in [3.63, 3.8) is 0 Å². The third kappa shape index (κ3) is 2.49. The zero-order valence-corrected chi connectivity index (χ0v) is 13.0. The van der Waals surface area contributed by atoms with E-state index in [0.717, 1.165) is 11.3 Å². The minimum atomic E-state index is 0.0331. The van der Waals surface area contributed by atoms with Gasteiger partial charge in [0.25, 0.3) is 0 Å². The lowest BCUT2D eigenvalue weighted by atomic mass is 9.89. The zero-order valence-electron chi connectivity index (χ0n) is 12.2. The molecule has 1 amide bonds. The highest BCUT2D eigenvalue weighted by molar-refractivity contribution is 7.12. The van der Waals surface area contributed by atoms with Crippen molar-refractivity contribution in [3.8, 4) is 11.5 Å². The smallest absolute Gasteiger partial charge is 0.225 e. The first kappa shape index (κ1) is 13.9. The fraction of sp³-hybridized carbons (Fsp3) is 0.312. The molecule has 5 heteroatoms. The molecule has 4 nitrogen and oxygen atoms in total. The van der Waals surface area contributed by atoms with Crippen LogP contribution in [-0.2, 0) is 4.79 Å². The SMILES string of the molecule is COc1cc2c(cc1OC)[C@@H](c1ccc(C)s1)CC(=O)N2. The number of methoxy groups -OCH3 is 2. The van der Waals surface area contributed by atoms with Gasteiger partial charge in [-0.1, -0.05) is 0 Å². The van der Waals surface area contributed by atoms with Crippen LogP contribution in [0.1, 0.15) is 27.7 Å². The van der Waals surface area contributed by atoms with Gasteiger partial charge in [-0.25, -0.2) is 0 Å². The maximum atomic E-state index is 12.0. The first-order valence-electron chi connectivity index (χ1n) is 6.74. The van der Waals surface area contributed by atoms with Crippen LogP contribution in [-0.4, -0.2) is 20.1 Å². The summed E-state index contributed by atoms with van der Waals surface area (Å²) in [7, 11) is 3.21. The molecule has 1 aliphatic heterocycles. The molecule has 0 spiro atoms. The van der Waals surface area contributed by atoms with E-state index in [4.69, 9.17) is 9.47 Å². The van der Waals surface area contributed by atoms with Gasteiger partial charge in [-0.05, 0) is 30.7 Å². The lowest BCUT2D eigenvalue weighted by Crippen LogP contribution is -2.23. The molecule has 0 unspecified atom stereocenters. The van der Waals surface area contributed by atoms with Gasteiger partial charge in [-0.3, -0.25) is 4.79 Å². The van der Waals surface area contributed by atoms with Gasteiger partial charge in [0.2, 0.25) is 5.91 Å². The molecule has 2 heterocycles. The summed E-state index contributed by atoms with van der Waals surface area (Å²) in [6.07, 6.45) is 0.461. The Morgan fingerprint density at radius 3 is 2.52 bits per heavy atom. The van der Waals surface area contributed by atoms with E-state index in [9.17, 15) is 4.79 Å². The predicted molar refractivity (Wildman–Crippen MR) is 83.7 cm³/mol. The second kappa shape index (κ2) is 5.41. The van der Waals surface area contributed by atoms with Crippen molar-refractivity contribution >= 4 is 22.9 Å². The van der Waals surface area contributed by atoms with Gasteiger partial charge in [0.1, 0.15) is 0 Å². The Hall–Kier alpha value is -2.01. The molecule has 2 aromatic rings. The molecule has 1 N–H and O–H groups in total. The Bertz CT molecular complexity index is 693. The number of benzene rings is 1. The first-order chi connectivity index (χ1) is 10.1. The maximum Gasteiger partial charge on any atom is 0.225 e. The fourth-order valence-corrected chi connectivity index (χ4v) is 3.68. The summed E-state index contributed by atoms with van der Waals surface area (Å²) in [5, 5.41) is 2.92. The minimum absolute atomic E-state index is 0.0331. The lowest BCUT2D eigenvalue weighted by molar-refractivity contribution is -0.116. The number of fused-ring (bicyclic) bond motifs is 1. The molecule has 3 rings (SSSR count). The Morgan fingerprint density at radius 1 is 1.19 bits per heavy atom. The molecule has 0 aliphatic carbocycles. The van der Waals surface area contributed by atoms with Crippen molar-refractivity contribution in [1.29, 1.82) is 0 Å². The molecule has 1 aromatic heterocycles. The van der Waals surface area contributed by atoms with E-state index >= 15 is 0 Å². The Balaban J connectivity index is 2.12. The highest BCUT2D eigenvalue weighted by Gasteiger charge is 2.29. The van der Waals surface area contributed by atoms with Crippen molar-refractivity contribution < 1.29 is 14.3 Å². The molecule has 0 radical (unpaired) electrons.